The normalized spacial score (nSPS) is 23.5. The first kappa shape index (κ1) is 21.9. The molecule has 0 spiro atoms. The number of aliphatic imine (C=N–C) groups is 1. The molecule has 0 unspecified atom stereocenters. The van der Waals surface area contributed by atoms with Crippen LogP contribution >= 0.6 is 0 Å². The van der Waals surface area contributed by atoms with E-state index in [1.807, 2.05) is 11.0 Å². The van der Waals surface area contributed by atoms with Crippen molar-refractivity contribution >= 4 is 23.7 Å². The monoisotopic (exact) mass is 423 g/mol. The Hall–Kier alpha value is -2.30. The zero-order valence-electron chi connectivity index (χ0n) is 19.2. The molecule has 1 amide bonds. The van der Waals surface area contributed by atoms with E-state index < -0.39 is 0 Å². The first-order valence-corrected chi connectivity index (χ1v) is 12.4. The summed E-state index contributed by atoms with van der Waals surface area (Å²) < 4.78 is 6.14. The molecule has 168 valence electrons. The van der Waals surface area contributed by atoms with Crippen LogP contribution in [0.2, 0.25) is 0 Å². The zero-order chi connectivity index (χ0) is 21.6. The maximum atomic E-state index is 13.4. The molecular formula is C26H37N3O2. The molecule has 1 saturated heterocycles. The predicted molar refractivity (Wildman–Crippen MR) is 127 cm³/mol. The number of benzene rings is 1. The van der Waals surface area contributed by atoms with Gasteiger partial charge in [-0.25, -0.2) is 4.99 Å². The van der Waals surface area contributed by atoms with Gasteiger partial charge in [0.1, 0.15) is 0 Å². The van der Waals surface area contributed by atoms with Gasteiger partial charge in [0.25, 0.3) is 5.91 Å². The van der Waals surface area contributed by atoms with Crippen LogP contribution in [0.4, 0.5) is 5.69 Å². The van der Waals surface area contributed by atoms with Crippen LogP contribution in [-0.4, -0.2) is 42.0 Å². The van der Waals surface area contributed by atoms with E-state index in [0.717, 1.165) is 44.3 Å². The molecule has 3 aliphatic rings. The second kappa shape index (κ2) is 10.3. The molecule has 1 aliphatic heterocycles. The number of carbonyl (C=O) groups excluding carboxylic acids is 1. The predicted octanol–water partition coefficient (Wildman–Crippen LogP) is 5.75. The van der Waals surface area contributed by atoms with E-state index >= 15 is 0 Å². The molecule has 0 bridgehead atoms. The molecule has 0 atom stereocenters. The lowest BCUT2D eigenvalue weighted by atomic mass is 9.94. The summed E-state index contributed by atoms with van der Waals surface area (Å²) in [6.07, 6.45) is 13.5. The van der Waals surface area contributed by atoms with Crippen LogP contribution in [-0.2, 0) is 9.53 Å². The number of rotatable bonds is 6. The van der Waals surface area contributed by atoms with E-state index in [2.05, 4.69) is 43.0 Å². The Morgan fingerprint density at radius 2 is 1.58 bits per heavy atom. The highest BCUT2D eigenvalue weighted by Crippen LogP contribution is 2.31. The Morgan fingerprint density at radius 1 is 0.968 bits per heavy atom. The van der Waals surface area contributed by atoms with Crippen molar-refractivity contribution in [2.75, 3.05) is 18.0 Å². The third-order valence-electron chi connectivity index (χ3n) is 6.96. The second-order valence-electron chi connectivity index (χ2n) is 9.04. The fraction of sp³-hybridized carbons (Fsp3) is 0.615. The molecule has 3 fully saturated rings. The van der Waals surface area contributed by atoms with E-state index in [4.69, 9.17) is 9.73 Å². The first-order valence-electron chi connectivity index (χ1n) is 12.4. The Labute approximate surface area is 187 Å². The van der Waals surface area contributed by atoms with Crippen molar-refractivity contribution in [2.45, 2.75) is 90.1 Å². The zero-order valence-corrected chi connectivity index (χ0v) is 19.2. The largest absolute Gasteiger partial charge is 0.420 e. The van der Waals surface area contributed by atoms with Gasteiger partial charge in [-0.1, -0.05) is 50.7 Å². The number of anilines is 1. The Kier molecular flexibility index (Phi) is 7.31. The standard InChI is InChI=1S/C26H37N3O2/c1-3-28(4-2)22-17-15-20(16-18-22)19-24-25(30)29(23-13-9-6-10-14-23)26(31-24)27-21-11-7-5-8-12-21/h15-19,21,23H,3-14H2,1-2H3/b24-19+,27-26+. The minimum atomic E-state index is -0.0192. The quantitative estimate of drug-likeness (QED) is 0.547. The van der Waals surface area contributed by atoms with Gasteiger partial charge < -0.3 is 9.64 Å². The number of nitrogens with zero attached hydrogens (tertiary/aromatic N) is 3. The summed E-state index contributed by atoms with van der Waals surface area (Å²) in [4.78, 5) is 22.5. The smallest absolute Gasteiger partial charge is 0.300 e. The van der Waals surface area contributed by atoms with Crippen LogP contribution in [0.5, 0.6) is 0 Å². The molecule has 0 N–H and O–H groups in total. The van der Waals surface area contributed by atoms with E-state index in [9.17, 15) is 4.79 Å². The third kappa shape index (κ3) is 5.13. The van der Waals surface area contributed by atoms with Gasteiger partial charge in [-0.2, -0.15) is 0 Å². The highest BCUT2D eigenvalue weighted by atomic mass is 16.5. The fourth-order valence-electron chi connectivity index (χ4n) is 5.13. The van der Waals surface area contributed by atoms with Crippen LogP contribution in [0.25, 0.3) is 6.08 Å². The van der Waals surface area contributed by atoms with Crippen molar-refractivity contribution in [2.24, 2.45) is 4.99 Å². The van der Waals surface area contributed by atoms with E-state index in [1.54, 1.807) is 0 Å². The molecule has 2 aliphatic carbocycles. The fourth-order valence-corrected chi connectivity index (χ4v) is 5.13. The summed E-state index contributed by atoms with van der Waals surface area (Å²) in [6.45, 7) is 6.29. The van der Waals surface area contributed by atoms with Gasteiger partial charge in [0.05, 0.1) is 6.04 Å². The molecule has 2 saturated carbocycles. The Morgan fingerprint density at radius 3 is 2.19 bits per heavy atom. The molecule has 1 heterocycles. The number of hydrogen-bond donors (Lipinski definition) is 0. The van der Waals surface area contributed by atoms with E-state index in [0.29, 0.717) is 11.8 Å². The number of amides is 1. The average Bonchev–Trinajstić information content (AvgIpc) is 3.11. The lowest BCUT2D eigenvalue weighted by molar-refractivity contribution is -0.124. The molecular weight excluding hydrogens is 386 g/mol. The number of carbonyl (C=O) groups is 1. The molecule has 4 rings (SSSR count). The van der Waals surface area contributed by atoms with Gasteiger partial charge in [-0.3, -0.25) is 9.69 Å². The topological polar surface area (TPSA) is 45.1 Å². The Balaban J connectivity index is 1.57. The minimum Gasteiger partial charge on any atom is -0.420 e. The van der Waals surface area contributed by atoms with E-state index in [-0.39, 0.29) is 18.0 Å². The van der Waals surface area contributed by atoms with Gasteiger partial charge in [0, 0.05) is 24.8 Å². The van der Waals surface area contributed by atoms with Gasteiger partial charge in [0.2, 0.25) is 0 Å². The van der Waals surface area contributed by atoms with Crippen molar-refractivity contribution in [1.82, 2.24) is 4.90 Å². The highest BCUT2D eigenvalue weighted by molar-refractivity contribution is 6.11. The molecule has 0 aromatic heterocycles. The summed E-state index contributed by atoms with van der Waals surface area (Å²) in [6, 6.07) is 9.44. The van der Waals surface area contributed by atoms with Crippen LogP contribution in [0, 0.1) is 0 Å². The van der Waals surface area contributed by atoms with Gasteiger partial charge in [0.15, 0.2) is 5.76 Å². The van der Waals surface area contributed by atoms with Gasteiger partial charge >= 0.3 is 6.02 Å². The lowest BCUT2D eigenvalue weighted by Crippen LogP contribution is -2.41. The summed E-state index contributed by atoms with van der Waals surface area (Å²) in [7, 11) is 0. The van der Waals surface area contributed by atoms with Crippen molar-refractivity contribution in [3.63, 3.8) is 0 Å². The summed E-state index contributed by atoms with van der Waals surface area (Å²) in [5, 5.41) is 0. The van der Waals surface area contributed by atoms with Crippen LogP contribution in [0.3, 0.4) is 0 Å². The number of ether oxygens (including phenoxy) is 1. The molecule has 1 aromatic rings. The average molecular weight is 424 g/mol. The maximum Gasteiger partial charge on any atom is 0.300 e. The number of amidine groups is 1. The third-order valence-corrected chi connectivity index (χ3v) is 6.96. The SMILES string of the molecule is CCN(CC)c1ccc(/C=C2/O/C(=N/C3CCCCC3)N(C3CCCCC3)C2=O)cc1. The van der Waals surface area contributed by atoms with Crippen molar-refractivity contribution in [3.8, 4) is 0 Å². The second-order valence-corrected chi connectivity index (χ2v) is 9.04. The van der Waals surface area contributed by atoms with E-state index in [1.165, 1.54) is 44.2 Å². The summed E-state index contributed by atoms with van der Waals surface area (Å²) in [5.74, 6) is 0.394. The van der Waals surface area contributed by atoms with Crippen molar-refractivity contribution < 1.29 is 9.53 Å². The molecule has 5 heteroatoms. The van der Waals surface area contributed by atoms with Crippen molar-refractivity contribution in [1.29, 1.82) is 0 Å². The van der Waals surface area contributed by atoms with Crippen molar-refractivity contribution in [3.05, 3.63) is 35.6 Å². The summed E-state index contributed by atoms with van der Waals surface area (Å²) >= 11 is 0. The summed E-state index contributed by atoms with van der Waals surface area (Å²) in [5.41, 5.74) is 2.19. The minimum absolute atomic E-state index is 0.0192. The lowest BCUT2D eigenvalue weighted by Gasteiger charge is -2.29. The van der Waals surface area contributed by atoms with Crippen LogP contribution < -0.4 is 4.90 Å². The van der Waals surface area contributed by atoms with Crippen LogP contribution in [0.15, 0.2) is 35.0 Å². The molecule has 5 nitrogen and oxygen atoms in total. The molecule has 31 heavy (non-hydrogen) atoms. The van der Waals surface area contributed by atoms with Crippen LogP contribution in [0.1, 0.15) is 83.6 Å². The number of hydrogen-bond acceptors (Lipinski definition) is 4. The highest BCUT2D eigenvalue weighted by Gasteiger charge is 2.40. The Bertz CT molecular complexity index is 798. The molecule has 0 radical (unpaired) electrons. The first-order chi connectivity index (χ1) is 15.2. The van der Waals surface area contributed by atoms with Gasteiger partial charge in [-0.15, -0.1) is 0 Å². The maximum absolute atomic E-state index is 13.4. The van der Waals surface area contributed by atoms with Gasteiger partial charge in [-0.05, 0) is 63.3 Å². The molecule has 1 aromatic carbocycles.